The van der Waals surface area contributed by atoms with Crippen LogP contribution in [-0.2, 0) is 42.5 Å². The number of benzene rings is 4. The van der Waals surface area contributed by atoms with Crippen LogP contribution >= 0.6 is 63.7 Å². The lowest BCUT2D eigenvalue weighted by Gasteiger charge is -2.11. The van der Waals surface area contributed by atoms with E-state index in [0.29, 0.717) is 27.5 Å². The van der Waals surface area contributed by atoms with Crippen LogP contribution in [0, 0.1) is 29.5 Å². The lowest BCUT2D eigenvalue weighted by Crippen LogP contribution is -2.06. The van der Waals surface area contributed by atoms with Crippen molar-refractivity contribution in [3.05, 3.63) is 140 Å². The van der Waals surface area contributed by atoms with Crippen LogP contribution in [0.2, 0.25) is 0 Å². The van der Waals surface area contributed by atoms with Gasteiger partial charge in [-0.15, -0.1) is 0 Å². The Kier molecular flexibility index (Phi) is 18.8. The highest BCUT2D eigenvalue weighted by molar-refractivity contribution is 9.11. The van der Waals surface area contributed by atoms with Gasteiger partial charge >= 0.3 is 10.4 Å². The van der Waals surface area contributed by atoms with Crippen molar-refractivity contribution in [2.75, 3.05) is 0 Å². The van der Waals surface area contributed by atoms with E-state index in [0.717, 1.165) is 74.4 Å². The second kappa shape index (κ2) is 22.5. The zero-order valence-electron chi connectivity index (χ0n) is 36.4. The SMILES string of the molecule is C=Cc1ccc(Br)c2c1C(=O)C(C)C2.CC1Cc2c(Br)cc(F)cc2C1=O.CC1Cc2c(Br)ccc(C(C)C)c2C1=O.CCCCc1ccc2c(c1Br)CC(C)C2=O.O=S(=O)(O)O. The highest BCUT2D eigenvalue weighted by Gasteiger charge is 2.33. The maximum absolute atomic E-state index is 12.9. The van der Waals surface area contributed by atoms with Gasteiger partial charge in [-0.1, -0.05) is 156 Å². The smallest absolute Gasteiger partial charge is 0.294 e. The summed E-state index contributed by atoms with van der Waals surface area (Å²) in [5.74, 6) is 1.40. The van der Waals surface area contributed by atoms with Gasteiger partial charge in [0.25, 0.3) is 0 Å². The fourth-order valence-electron chi connectivity index (χ4n) is 8.22. The molecular weight excluding hydrogens is 1090 g/mol. The molecule has 4 aromatic rings. The van der Waals surface area contributed by atoms with E-state index in [-0.39, 0.29) is 41.1 Å². The van der Waals surface area contributed by atoms with Crippen molar-refractivity contribution < 1.29 is 41.1 Å². The summed E-state index contributed by atoms with van der Waals surface area (Å²) in [5, 5.41) is 0. The molecule has 0 amide bonds. The molecular formula is C49H53Br4FO8S. The molecule has 4 atom stereocenters. The molecule has 0 radical (unpaired) electrons. The topological polar surface area (TPSA) is 143 Å². The van der Waals surface area contributed by atoms with E-state index in [1.54, 1.807) is 6.08 Å². The first-order valence-corrected chi connectivity index (χ1v) is 25.4. The predicted molar refractivity (Wildman–Crippen MR) is 262 cm³/mol. The van der Waals surface area contributed by atoms with Crippen LogP contribution in [0.5, 0.6) is 0 Å². The molecule has 0 heterocycles. The van der Waals surface area contributed by atoms with E-state index >= 15 is 0 Å². The van der Waals surface area contributed by atoms with E-state index in [1.165, 1.54) is 51.7 Å². The normalized spacial score (nSPS) is 19.0. The van der Waals surface area contributed by atoms with Gasteiger partial charge in [-0.2, -0.15) is 8.42 Å². The third-order valence-electron chi connectivity index (χ3n) is 11.6. The van der Waals surface area contributed by atoms with E-state index in [9.17, 15) is 23.6 Å². The molecule has 338 valence electrons. The molecule has 0 bridgehead atoms. The minimum absolute atomic E-state index is 0.00639. The maximum Gasteiger partial charge on any atom is 0.394 e. The highest BCUT2D eigenvalue weighted by atomic mass is 79.9. The molecule has 2 N–H and O–H groups in total. The Morgan fingerprint density at radius 1 is 0.683 bits per heavy atom. The van der Waals surface area contributed by atoms with Crippen molar-refractivity contribution in [2.45, 2.75) is 99.3 Å². The lowest BCUT2D eigenvalue weighted by molar-refractivity contribution is 0.0938. The van der Waals surface area contributed by atoms with Crippen LogP contribution in [0.3, 0.4) is 0 Å². The summed E-state index contributed by atoms with van der Waals surface area (Å²) < 4.78 is 48.5. The van der Waals surface area contributed by atoms with Gasteiger partial charge in [0.05, 0.1) is 0 Å². The third-order valence-corrected chi connectivity index (χ3v) is 14.7. The third kappa shape index (κ3) is 12.9. The van der Waals surface area contributed by atoms with Crippen LogP contribution in [0.1, 0.15) is 148 Å². The van der Waals surface area contributed by atoms with E-state index in [4.69, 9.17) is 17.5 Å². The Hall–Kier alpha value is -2.98. The summed E-state index contributed by atoms with van der Waals surface area (Å²) >= 11 is 13.9. The van der Waals surface area contributed by atoms with Gasteiger partial charge in [0.1, 0.15) is 5.82 Å². The van der Waals surface area contributed by atoms with Gasteiger partial charge in [-0.3, -0.25) is 28.3 Å². The number of Topliss-reactive ketones (excluding diaryl/α,β-unsaturated/α-hetero) is 4. The molecule has 4 aliphatic rings. The average molecular weight is 1140 g/mol. The largest absolute Gasteiger partial charge is 0.394 e. The van der Waals surface area contributed by atoms with Crippen molar-refractivity contribution in [2.24, 2.45) is 23.7 Å². The molecule has 14 heteroatoms. The molecule has 0 aromatic heterocycles. The van der Waals surface area contributed by atoms with Gasteiger partial charge in [-0.25, -0.2) is 4.39 Å². The number of aryl methyl sites for hydroxylation is 1. The molecule has 4 aromatic carbocycles. The molecule has 4 unspecified atom stereocenters. The summed E-state index contributed by atoms with van der Waals surface area (Å²) in [6.45, 7) is 18.1. The van der Waals surface area contributed by atoms with Crippen LogP contribution in [-0.4, -0.2) is 40.7 Å². The van der Waals surface area contributed by atoms with Gasteiger partial charge in [0.2, 0.25) is 0 Å². The molecule has 0 spiro atoms. The zero-order chi connectivity index (χ0) is 47.2. The van der Waals surface area contributed by atoms with Crippen molar-refractivity contribution in [1.82, 2.24) is 0 Å². The van der Waals surface area contributed by atoms with Gasteiger partial charge in [0, 0.05) is 63.8 Å². The van der Waals surface area contributed by atoms with Crippen molar-refractivity contribution in [1.29, 1.82) is 0 Å². The van der Waals surface area contributed by atoms with Gasteiger partial charge < -0.3 is 0 Å². The summed E-state index contributed by atoms with van der Waals surface area (Å²) in [6, 6.07) is 14.9. The Labute approximate surface area is 404 Å². The maximum atomic E-state index is 12.9. The summed E-state index contributed by atoms with van der Waals surface area (Å²) in [4.78, 5) is 47.3. The van der Waals surface area contributed by atoms with Crippen molar-refractivity contribution in [3.63, 3.8) is 0 Å². The molecule has 63 heavy (non-hydrogen) atoms. The quantitative estimate of drug-likeness (QED) is 0.188. The molecule has 0 saturated carbocycles. The second-order valence-electron chi connectivity index (χ2n) is 16.7. The standard InChI is InChI=1S/C14H17BrO.C13H15BrO.C12H11BrO.C10H8BrFO.H2O4S/c1-3-4-5-10-6-7-11-12(13(10)15)8-9(2)14(11)16;1-7(2)9-4-5-11(14)10-6-8(3)13(15)12(9)10;1-3-8-4-5-10(13)9-6-7(2)12(14)11(8)9;1-5-2-7-8(10(5)13)3-6(12)4-9(7)11;1-5(2,3)4/h6-7,9H,3-5,8H2,1-2H3;4-5,7-8H,6H2,1-3H3;3-5,7H,1,6H2,2H3;3-5H,2H2,1H3;(H2,1,2,3,4). The van der Waals surface area contributed by atoms with Crippen LogP contribution in [0.4, 0.5) is 4.39 Å². The fourth-order valence-corrected chi connectivity index (χ4v) is 10.5. The number of carbonyl (C=O) groups excluding carboxylic acids is 4. The van der Waals surface area contributed by atoms with E-state index in [1.807, 2.05) is 45.9 Å². The number of hydrogen-bond acceptors (Lipinski definition) is 6. The number of fused-ring (bicyclic) bond motifs is 4. The summed E-state index contributed by atoms with van der Waals surface area (Å²) in [6.07, 6.45) is 8.61. The zero-order valence-corrected chi connectivity index (χ0v) is 43.5. The monoisotopic (exact) mass is 1140 g/mol. The Morgan fingerprint density at radius 3 is 1.70 bits per heavy atom. The van der Waals surface area contributed by atoms with Gasteiger partial charge in [-0.05, 0) is 108 Å². The number of unbranched alkanes of at least 4 members (excludes halogenated alkanes) is 1. The Morgan fingerprint density at radius 2 is 1.16 bits per heavy atom. The number of hydrogen-bond donors (Lipinski definition) is 2. The van der Waals surface area contributed by atoms with E-state index < -0.39 is 10.4 Å². The Balaban J connectivity index is 0.000000178. The minimum atomic E-state index is -4.67. The molecule has 8 nitrogen and oxygen atoms in total. The average Bonchev–Trinajstić information content (AvgIpc) is 3.89. The number of carbonyl (C=O) groups is 4. The Bertz CT molecular complexity index is 2540. The minimum Gasteiger partial charge on any atom is -0.294 e. The first kappa shape index (κ1) is 52.6. The van der Waals surface area contributed by atoms with E-state index in [2.05, 4.69) is 109 Å². The second-order valence-corrected chi connectivity index (χ2v) is 21.0. The fraction of sp³-hybridized carbons (Fsp3) is 0.388. The molecule has 8 rings (SSSR count). The highest BCUT2D eigenvalue weighted by Crippen LogP contribution is 2.39. The molecule has 0 saturated heterocycles. The molecule has 0 aliphatic heterocycles. The summed E-state index contributed by atoms with van der Waals surface area (Å²) in [7, 11) is -4.67. The van der Waals surface area contributed by atoms with Crippen molar-refractivity contribution >= 4 is 103 Å². The molecule has 4 aliphatic carbocycles. The van der Waals surface area contributed by atoms with Crippen molar-refractivity contribution in [3.8, 4) is 0 Å². The van der Waals surface area contributed by atoms with Gasteiger partial charge in [0.15, 0.2) is 23.1 Å². The van der Waals surface area contributed by atoms with Crippen LogP contribution in [0.25, 0.3) is 6.08 Å². The first-order valence-electron chi connectivity index (χ1n) is 20.8. The molecule has 0 fully saturated rings. The van der Waals surface area contributed by atoms with Crippen LogP contribution in [0.15, 0.2) is 73.0 Å². The number of halogens is 5. The predicted octanol–water partition coefficient (Wildman–Crippen LogP) is 13.9. The first-order chi connectivity index (χ1) is 29.4. The number of rotatable bonds is 5. The number of ketones is 4. The summed E-state index contributed by atoms with van der Waals surface area (Å²) in [5.41, 5.74) is 11.3. The lowest BCUT2D eigenvalue weighted by atomic mass is 9.94. The van der Waals surface area contributed by atoms with Crippen LogP contribution < -0.4 is 0 Å².